The van der Waals surface area contributed by atoms with Crippen molar-refractivity contribution in [1.82, 2.24) is 4.98 Å². The molecule has 17 heavy (non-hydrogen) atoms. The first-order valence-corrected chi connectivity index (χ1v) is 4.91. The Morgan fingerprint density at radius 2 is 2.29 bits per heavy atom. The van der Waals surface area contributed by atoms with Gasteiger partial charge in [0.25, 0.3) is 5.88 Å². The Kier molecular flexibility index (Phi) is 4.03. The van der Waals surface area contributed by atoms with Gasteiger partial charge in [0, 0.05) is 6.20 Å². The number of nitrogens with two attached hydrogens (primary N) is 1. The summed E-state index contributed by atoms with van der Waals surface area (Å²) in [5.74, 6) is -1.15. The van der Waals surface area contributed by atoms with Gasteiger partial charge in [0.2, 0.25) is 0 Å². The summed E-state index contributed by atoms with van der Waals surface area (Å²) in [5, 5.41) is 0. The second-order valence-electron chi connectivity index (χ2n) is 3.21. The SMILES string of the molecule is C=C(OCC)c1c(C)cnc(OC(N)=O)c1F. The van der Waals surface area contributed by atoms with Crippen molar-refractivity contribution < 1.29 is 18.7 Å². The zero-order chi connectivity index (χ0) is 13.0. The number of hydrogen-bond donors (Lipinski definition) is 1. The Morgan fingerprint density at radius 3 is 2.82 bits per heavy atom. The van der Waals surface area contributed by atoms with E-state index in [1.54, 1.807) is 13.8 Å². The van der Waals surface area contributed by atoms with Crippen LogP contribution in [0.5, 0.6) is 5.88 Å². The summed E-state index contributed by atoms with van der Waals surface area (Å²) >= 11 is 0. The van der Waals surface area contributed by atoms with Gasteiger partial charge in [-0.15, -0.1) is 0 Å². The van der Waals surface area contributed by atoms with Crippen molar-refractivity contribution in [3.8, 4) is 5.88 Å². The highest BCUT2D eigenvalue weighted by Gasteiger charge is 2.18. The van der Waals surface area contributed by atoms with Crippen LogP contribution in [0.25, 0.3) is 5.76 Å². The molecule has 1 aromatic rings. The van der Waals surface area contributed by atoms with E-state index in [1.165, 1.54) is 6.20 Å². The van der Waals surface area contributed by atoms with Gasteiger partial charge < -0.3 is 15.2 Å². The minimum atomic E-state index is -1.13. The van der Waals surface area contributed by atoms with Crippen molar-refractivity contribution >= 4 is 11.9 Å². The Hall–Kier alpha value is -2.11. The van der Waals surface area contributed by atoms with Crippen LogP contribution < -0.4 is 10.5 Å². The molecule has 0 saturated carbocycles. The number of hydrogen-bond acceptors (Lipinski definition) is 4. The summed E-state index contributed by atoms with van der Waals surface area (Å²) in [6.07, 6.45) is 0.217. The van der Waals surface area contributed by atoms with Crippen molar-refractivity contribution in [3.05, 3.63) is 29.7 Å². The molecule has 1 rings (SSSR count). The number of halogens is 1. The van der Waals surface area contributed by atoms with E-state index in [2.05, 4.69) is 16.3 Å². The van der Waals surface area contributed by atoms with Crippen LogP contribution in [0.3, 0.4) is 0 Å². The third kappa shape index (κ3) is 2.93. The molecule has 0 atom stereocenters. The van der Waals surface area contributed by atoms with Crippen LogP contribution in [0.4, 0.5) is 9.18 Å². The lowest BCUT2D eigenvalue weighted by Crippen LogP contribution is -2.18. The molecule has 0 spiro atoms. The molecule has 0 bridgehead atoms. The van der Waals surface area contributed by atoms with Gasteiger partial charge in [0.15, 0.2) is 5.82 Å². The molecule has 5 nitrogen and oxygen atoms in total. The van der Waals surface area contributed by atoms with Crippen LogP contribution in [0.15, 0.2) is 12.8 Å². The molecule has 0 aliphatic rings. The van der Waals surface area contributed by atoms with Crippen molar-refractivity contribution in [2.45, 2.75) is 13.8 Å². The second kappa shape index (κ2) is 5.29. The summed E-state index contributed by atoms with van der Waals surface area (Å²) in [5.41, 5.74) is 5.44. The number of carbonyl (C=O) groups excluding carboxylic acids is 1. The molecule has 0 aliphatic carbocycles. The maximum atomic E-state index is 13.9. The minimum absolute atomic E-state index is 0.123. The van der Waals surface area contributed by atoms with Gasteiger partial charge in [-0.3, -0.25) is 0 Å². The fourth-order valence-electron chi connectivity index (χ4n) is 1.31. The van der Waals surface area contributed by atoms with Crippen LogP contribution in [-0.2, 0) is 4.74 Å². The molecule has 0 aromatic carbocycles. The number of rotatable bonds is 4. The normalized spacial score (nSPS) is 9.82. The molecule has 92 valence electrons. The number of primary amides is 1. The minimum Gasteiger partial charge on any atom is -0.494 e. The van der Waals surface area contributed by atoms with Crippen LogP contribution in [0.1, 0.15) is 18.1 Å². The monoisotopic (exact) mass is 240 g/mol. The number of amides is 1. The van der Waals surface area contributed by atoms with Crippen LogP contribution in [0, 0.1) is 12.7 Å². The number of carbonyl (C=O) groups is 1. The van der Waals surface area contributed by atoms with E-state index >= 15 is 0 Å². The van der Waals surface area contributed by atoms with E-state index in [4.69, 9.17) is 10.5 Å². The van der Waals surface area contributed by atoms with E-state index in [9.17, 15) is 9.18 Å². The fraction of sp³-hybridized carbons (Fsp3) is 0.273. The first-order chi connectivity index (χ1) is 7.97. The van der Waals surface area contributed by atoms with Crippen LogP contribution in [0.2, 0.25) is 0 Å². The molecule has 0 unspecified atom stereocenters. The summed E-state index contributed by atoms with van der Waals surface area (Å²) in [6.45, 7) is 7.34. The summed E-state index contributed by atoms with van der Waals surface area (Å²) in [7, 11) is 0. The van der Waals surface area contributed by atoms with Crippen LogP contribution in [-0.4, -0.2) is 17.7 Å². The summed E-state index contributed by atoms with van der Waals surface area (Å²) in [6, 6.07) is 0. The molecular weight excluding hydrogens is 227 g/mol. The first-order valence-electron chi connectivity index (χ1n) is 4.91. The third-order valence-corrected chi connectivity index (χ3v) is 1.97. The standard InChI is InChI=1S/C11H13FN2O3/c1-4-16-7(3)8-6(2)5-14-10(9(8)12)17-11(13)15/h5H,3-4H2,1-2H3,(H2,13,15). The van der Waals surface area contributed by atoms with Gasteiger partial charge in [-0.1, -0.05) is 6.58 Å². The molecule has 1 aromatic heterocycles. The van der Waals surface area contributed by atoms with Crippen molar-refractivity contribution in [2.24, 2.45) is 5.73 Å². The largest absolute Gasteiger partial charge is 0.494 e. The van der Waals surface area contributed by atoms with Gasteiger partial charge in [0.05, 0.1) is 12.2 Å². The number of ether oxygens (including phenoxy) is 2. The third-order valence-electron chi connectivity index (χ3n) is 1.97. The van der Waals surface area contributed by atoms with Crippen LogP contribution >= 0.6 is 0 Å². The number of aryl methyl sites for hydroxylation is 1. The summed E-state index contributed by atoms with van der Waals surface area (Å²) < 4.78 is 23.5. The van der Waals surface area contributed by atoms with E-state index < -0.39 is 17.8 Å². The van der Waals surface area contributed by atoms with Gasteiger partial charge in [-0.05, 0) is 19.4 Å². The molecule has 6 heteroatoms. The predicted octanol–water partition coefficient (Wildman–Crippen LogP) is 1.99. The van der Waals surface area contributed by atoms with Crippen molar-refractivity contribution in [3.63, 3.8) is 0 Å². The molecule has 0 fully saturated rings. The zero-order valence-electron chi connectivity index (χ0n) is 9.62. The Labute approximate surface area is 98.0 Å². The quantitative estimate of drug-likeness (QED) is 0.817. The molecule has 1 amide bonds. The van der Waals surface area contributed by atoms with Crippen molar-refractivity contribution in [2.75, 3.05) is 6.61 Å². The van der Waals surface area contributed by atoms with E-state index in [1.807, 2.05) is 0 Å². The van der Waals surface area contributed by atoms with Gasteiger partial charge >= 0.3 is 6.09 Å². The lowest BCUT2D eigenvalue weighted by molar-refractivity contribution is 0.206. The summed E-state index contributed by atoms with van der Waals surface area (Å²) in [4.78, 5) is 14.2. The highest BCUT2D eigenvalue weighted by atomic mass is 19.1. The smallest absolute Gasteiger partial charge is 0.411 e. The second-order valence-corrected chi connectivity index (χ2v) is 3.21. The number of pyridine rings is 1. The maximum absolute atomic E-state index is 13.9. The Morgan fingerprint density at radius 1 is 1.65 bits per heavy atom. The van der Waals surface area contributed by atoms with E-state index in [-0.39, 0.29) is 11.3 Å². The molecule has 1 heterocycles. The highest BCUT2D eigenvalue weighted by molar-refractivity contribution is 5.69. The molecule has 0 aliphatic heterocycles. The lowest BCUT2D eigenvalue weighted by Gasteiger charge is -2.12. The fourth-order valence-corrected chi connectivity index (χ4v) is 1.31. The molecule has 2 N–H and O–H groups in total. The molecule has 0 saturated heterocycles. The van der Waals surface area contributed by atoms with Gasteiger partial charge in [0.1, 0.15) is 5.76 Å². The van der Waals surface area contributed by atoms with Gasteiger partial charge in [-0.25, -0.2) is 14.2 Å². The first kappa shape index (κ1) is 13.0. The van der Waals surface area contributed by atoms with E-state index in [0.717, 1.165) is 0 Å². The van der Waals surface area contributed by atoms with Gasteiger partial charge in [-0.2, -0.15) is 0 Å². The lowest BCUT2D eigenvalue weighted by atomic mass is 10.1. The molecular formula is C11H13FN2O3. The Bertz CT molecular complexity index is 460. The number of aromatic nitrogens is 1. The maximum Gasteiger partial charge on any atom is 0.411 e. The van der Waals surface area contributed by atoms with E-state index in [0.29, 0.717) is 12.2 Å². The number of nitrogens with zero attached hydrogens (tertiary/aromatic N) is 1. The average molecular weight is 240 g/mol. The predicted molar refractivity (Wildman–Crippen MR) is 59.8 cm³/mol. The average Bonchev–Trinajstić information content (AvgIpc) is 2.22. The zero-order valence-corrected chi connectivity index (χ0v) is 9.62. The molecule has 0 radical (unpaired) electrons. The highest BCUT2D eigenvalue weighted by Crippen LogP contribution is 2.26. The Balaban J connectivity index is 3.19. The topological polar surface area (TPSA) is 74.4 Å². The van der Waals surface area contributed by atoms with Crippen molar-refractivity contribution in [1.29, 1.82) is 0 Å².